The quantitative estimate of drug-likeness (QED) is 0.431. The van der Waals surface area contributed by atoms with Crippen molar-refractivity contribution in [2.45, 2.75) is 26.3 Å². The lowest BCUT2D eigenvalue weighted by Gasteiger charge is -2.23. The predicted molar refractivity (Wildman–Crippen MR) is 40.4 cm³/mol. The summed E-state index contributed by atoms with van der Waals surface area (Å²) in [6.07, 6.45) is 0. The van der Waals surface area contributed by atoms with Crippen molar-refractivity contribution in [3.8, 4) is 12.1 Å². The summed E-state index contributed by atoms with van der Waals surface area (Å²) in [6, 6.07) is 2.89. The third kappa shape index (κ3) is 1.22. The lowest BCUT2D eigenvalue weighted by molar-refractivity contribution is -0.553. The summed E-state index contributed by atoms with van der Waals surface area (Å²) in [7, 11) is 0. The van der Waals surface area contributed by atoms with E-state index >= 15 is 0 Å². The zero-order valence-electron chi connectivity index (χ0n) is 7.16. The van der Waals surface area contributed by atoms with Gasteiger partial charge in [0.25, 0.3) is 0 Å². The topological polar surface area (TPSA) is 90.7 Å². The summed E-state index contributed by atoms with van der Waals surface area (Å²) in [4.78, 5) is 9.65. The molecule has 0 saturated carbocycles. The molecular weight excluding hydrogens is 158 g/mol. The molecule has 0 aliphatic carbocycles. The molecule has 0 N–H and O–H groups in total. The highest BCUT2D eigenvalue weighted by Gasteiger charge is 2.55. The highest BCUT2D eigenvalue weighted by molar-refractivity contribution is 5.21. The largest absolute Gasteiger partial charge is 0.393 e. The Morgan fingerprint density at radius 3 is 1.58 bits per heavy atom. The maximum atomic E-state index is 10.5. The molecule has 0 fully saturated rings. The first kappa shape index (κ1) is 10.4. The summed E-state index contributed by atoms with van der Waals surface area (Å²) in [5.74, 6) is 0. The van der Waals surface area contributed by atoms with E-state index in [4.69, 9.17) is 10.5 Å². The van der Waals surface area contributed by atoms with Gasteiger partial charge < -0.3 is 0 Å². The van der Waals surface area contributed by atoms with Gasteiger partial charge in [-0.05, 0) is 0 Å². The van der Waals surface area contributed by atoms with E-state index in [-0.39, 0.29) is 0 Å². The Bertz CT molecular complexity index is 262. The van der Waals surface area contributed by atoms with E-state index < -0.39 is 15.9 Å². The molecule has 0 bridgehead atoms. The molecule has 5 heteroatoms. The van der Waals surface area contributed by atoms with Crippen LogP contribution in [0.4, 0.5) is 0 Å². The Kier molecular flexibility index (Phi) is 2.41. The third-order valence-corrected chi connectivity index (χ3v) is 1.68. The molecule has 0 atom stereocenters. The summed E-state index contributed by atoms with van der Waals surface area (Å²) in [5, 5.41) is 27.6. The second-order valence-corrected chi connectivity index (χ2v) is 3.44. The van der Waals surface area contributed by atoms with E-state index in [0.29, 0.717) is 0 Å². The van der Waals surface area contributed by atoms with Gasteiger partial charge in [0.15, 0.2) is 12.1 Å². The van der Waals surface area contributed by atoms with Gasteiger partial charge in [-0.3, -0.25) is 10.1 Å². The van der Waals surface area contributed by atoms with Crippen LogP contribution in [0.15, 0.2) is 0 Å². The highest BCUT2D eigenvalue weighted by Crippen LogP contribution is 2.31. The molecule has 0 amide bonds. The summed E-state index contributed by atoms with van der Waals surface area (Å²) in [6.45, 7) is 4.46. The third-order valence-electron chi connectivity index (χ3n) is 1.68. The zero-order valence-corrected chi connectivity index (χ0v) is 7.16. The second kappa shape index (κ2) is 2.78. The molecule has 0 rings (SSSR count). The lowest BCUT2D eigenvalue weighted by atomic mass is 9.76. The molecule has 0 heterocycles. The van der Waals surface area contributed by atoms with Gasteiger partial charge in [-0.25, -0.2) is 0 Å². The average Bonchev–Trinajstić information content (AvgIpc) is 1.87. The molecule has 0 aliphatic rings. The van der Waals surface area contributed by atoms with Crippen LogP contribution < -0.4 is 0 Å². The Balaban J connectivity index is 5.35. The van der Waals surface area contributed by atoms with E-state index in [1.807, 2.05) is 0 Å². The zero-order chi connectivity index (χ0) is 9.99. The van der Waals surface area contributed by atoms with Crippen molar-refractivity contribution in [3.05, 3.63) is 10.1 Å². The number of rotatable bonds is 1. The van der Waals surface area contributed by atoms with Gasteiger partial charge in [-0.15, -0.1) is 0 Å². The van der Waals surface area contributed by atoms with Crippen LogP contribution in [0.1, 0.15) is 20.8 Å². The van der Waals surface area contributed by atoms with E-state index in [2.05, 4.69) is 0 Å². The lowest BCUT2D eigenvalue weighted by Crippen LogP contribution is -2.47. The fourth-order valence-electron chi connectivity index (χ4n) is 0.716. The van der Waals surface area contributed by atoms with Crippen molar-refractivity contribution >= 4 is 0 Å². The number of nitro groups is 1. The molecule has 0 aromatic rings. The number of nitriles is 2. The van der Waals surface area contributed by atoms with Crippen LogP contribution in [-0.2, 0) is 0 Å². The molecule has 0 unspecified atom stereocenters. The van der Waals surface area contributed by atoms with E-state index in [9.17, 15) is 10.1 Å². The van der Waals surface area contributed by atoms with Crippen molar-refractivity contribution < 1.29 is 4.92 Å². The molecule has 0 radical (unpaired) electrons. The average molecular weight is 167 g/mol. The highest BCUT2D eigenvalue weighted by atomic mass is 16.6. The Morgan fingerprint density at radius 1 is 1.25 bits per heavy atom. The maximum Gasteiger partial charge on any atom is 0.393 e. The van der Waals surface area contributed by atoms with Crippen LogP contribution in [-0.4, -0.2) is 10.5 Å². The van der Waals surface area contributed by atoms with E-state index in [1.54, 1.807) is 0 Å². The van der Waals surface area contributed by atoms with Crippen molar-refractivity contribution in [3.63, 3.8) is 0 Å². The van der Waals surface area contributed by atoms with Crippen LogP contribution in [0.3, 0.4) is 0 Å². The molecule has 0 aromatic heterocycles. The molecule has 0 saturated heterocycles. The van der Waals surface area contributed by atoms with Crippen LogP contribution in [0.5, 0.6) is 0 Å². The minimum absolute atomic E-state index is 0.840. The number of hydrogen-bond acceptors (Lipinski definition) is 4. The first-order chi connectivity index (χ1) is 5.31. The van der Waals surface area contributed by atoms with Gasteiger partial charge >= 0.3 is 5.54 Å². The van der Waals surface area contributed by atoms with Crippen molar-refractivity contribution in [2.75, 3.05) is 0 Å². The smallest absolute Gasteiger partial charge is 0.262 e. The Labute approximate surface area is 70.4 Å². The van der Waals surface area contributed by atoms with Crippen LogP contribution in [0.2, 0.25) is 0 Å². The predicted octanol–water partition coefficient (Wildman–Crippen LogP) is 1.10. The maximum absolute atomic E-state index is 10.5. The normalized spacial score (nSPS) is 11.4. The van der Waals surface area contributed by atoms with Gasteiger partial charge in [0, 0.05) is 0 Å². The molecule has 0 aromatic carbocycles. The molecule has 64 valence electrons. The standard InChI is InChI=1S/C7H9N3O2/c1-6(2,3)7(4-8,5-9)10(11)12/h1-3H3. The fraction of sp³-hybridized carbons (Fsp3) is 0.714. The first-order valence-electron chi connectivity index (χ1n) is 3.29. The van der Waals surface area contributed by atoms with Crippen LogP contribution >= 0.6 is 0 Å². The molecule has 0 spiro atoms. The Hall–Kier alpha value is -1.62. The summed E-state index contributed by atoms with van der Waals surface area (Å²) in [5.41, 5.74) is -3.13. The van der Waals surface area contributed by atoms with Gasteiger partial charge in [0.2, 0.25) is 0 Å². The molecule has 0 aliphatic heterocycles. The fourth-order valence-corrected chi connectivity index (χ4v) is 0.716. The van der Waals surface area contributed by atoms with E-state index in [1.165, 1.54) is 32.9 Å². The summed E-state index contributed by atoms with van der Waals surface area (Å²) >= 11 is 0. The summed E-state index contributed by atoms with van der Waals surface area (Å²) < 4.78 is 0. The van der Waals surface area contributed by atoms with Crippen molar-refractivity contribution in [1.29, 1.82) is 10.5 Å². The SMILES string of the molecule is CC(C)(C)C(C#N)(C#N)[N+](=O)[O-]. The van der Waals surface area contributed by atoms with Crippen LogP contribution in [0.25, 0.3) is 0 Å². The second-order valence-electron chi connectivity index (χ2n) is 3.44. The van der Waals surface area contributed by atoms with Gasteiger partial charge in [-0.2, -0.15) is 10.5 Å². The van der Waals surface area contributed by atoms with Gasteiger partial charge in [-0.1, -0.05) is 20.8 Å². The van der Waals surface area contributed by atoms with Crippen molar-refractivity contribution in [2.24, 2.45) is 5.41 Å². The van der Waals surface area contributed by atoms with Crippen LogP contribution in [0, 0.1) is 38.2 Å². The minimum Gasteiger partial charge on any atom is -0.262 e. The Morgan fingerprint density at radius 2 is 1.58 bits per heavy atom. The monoisotopic (exact) mass is 167 g/mol. The molecular formula is C7H9N3O2. The van der Waals surface area contributed by atoms with Crippen molar-refractivity contribution in [1.82, 2.24) is 0 Å². The van der Waals surface area contributed by atoms with Gasteiger partial charge in [0.05, 0.1) is 10.3 Å². The van der Waals surface area contributed by atoms with Gasteiger partial charge in [0.1, 0.15) is 0 Å². The number of nitrogens with zero attached hydrogens (tertiary/aromatic N) is 3. The minimum atomic E-state index is -2.15. The molecule has 12 heavy (non-hydrogen) atoms. The molecule has 5 nitrogen and oxygen atoms in total. The number of hydrogen-bond donors (Lipinski definition) is 0. The van der Waals surface area contributed by atoms with E-state index in [0.717, 1.165) is 0 Å². The first-order valence-corrected chi connectivity index (χ1v) is 3.29.